The number of nitrogens with zero attached hydrogens (tertiary/aromatic N) is 2. The lowest BCUT2D eigenvalue weighted by atomic mass is 10.3. The molecule has 1 heterocycles. The van der Waals surface area contributed by atoms with Crippen LogP contribution in [0.1, 0.15) is 0 Å². The third-order valence-electron chi connectivity index (χ3n) is 2.56. The molecule has 0 radical (unpaired) electrons. The molecule has 3 N–H and O–H groups in total. The zero-order valence-corrected chi connectivity index (χ0v) is 13.8. The highest BCUT2D eigenvalue weighted by atomic mass is 127. The number of carbonyl (C=O) groups is 2. The summed E-state index contributed by atoms with van der Waals surface area (Å²) in [6.45, 7) is 0.468. The molecule has 21 heavy (non-hydrogen) atoms. The number of nitrogens with two attached hydrogens (primary N) is 1. The van der Waals surface area contributed by atoms with E-state index >= 15 is 0 Å². The molecule has 0 aliphatic carbocycles. The summed E-state index contributed by atoms with van der Waals surface area (Å²) >= 11 is 3.31. The normalized spacial score (nSPS) is 10.7. The molecule has 9 heteroatoms. The van der Waals surface area contributed by atoms with E-state index < -0.39 is 12.1 Å². The average Bonchev–Trinajstić information content (AvgIpc) is 2.73. The van der Waals surface area contributed by atoms with Crippen molar-refractivity contribution in [2.24, 2.45) is 5.73 Å². The summed E-state index contributed by atoms with van der Waals surface area (Å²) in [5.74, 6) is -1.00. The lowest BCUT2D eigenvalue weighted by Crippen LogP contribution is -2.17. The van der Waals surface area contributed by atoms with Crippen molar-refractivity contribution in [3.05, 3.63) is 21.8 Å². The maximum absolute atomic E-state index is 10.7. The van der Waals surface area contributed by atoms with Crippen LogP contribution in [0.25, 0.3) is 11.0 Å². The van der Waals surface area contributed by atoms with Gasteiger partial charge in [-0.15, -0.1) is 0 Å². The number of ether oxygens (including phenoxy) is 1. The second kappa shape index (κ2) is 6.98. The number of fused-ring (bicyclic) bond motifs is 1. The Balaban J connectivity index is 2.29. The molecule has 0 unspecified atom stereocenters. The van der Waals surface area contributed by atoms with E-state index in [2.05, 4.69) is 27.6 Å². The van der Waals surface area contributed by atoms with Crippen LogP contribution in [0.4, 0.5) is 4.79 Å². The molecule has 0 saturated carbocycles. The van der Waals surface area contributed by atoms with Crippen molar-refractivity contribution in [2.45, 2.75) is 11.7 Å². The predicted octanol–water partition coefficient (Wildman–Crippen LogP) is 1.91. The molecule has 0 saturated heterocycles. The van der Waals surface area contributed by atoms with Gasteiger partial charge in [-0.3, -0.25) is 4.79 Å². The molecule has 1 aromatic heterocycles. The molecule has 0 spiro atoms. The Morgan fingerprint density at radius 1 is 1.48 bits per heavy atom. The van der Waals surface area contributed by atoms with Crippen molar-refractivity contribution in [3.8, 4) is 0 Å². The second-order valence-corrected chi connectivity index (χ2v) is 6.22. The summed E-state index contributed by atoms with van der Waals surface area (Å²) in [5, 5.41) is 9.36. The summed E-state index contributed by atoms with van der Waals surface area (Å²) in [7, 11) is 0. The molecule has 2 rings (SSSR count). The van der Waals surface area contributed by atoms with E-state index in [0.29, 0.717) is 11.7 Å². The molecular formula is C12H12IN3O4S. The van der Waals surface area contributed by atoms with Crippen LogP contribution in [0.3, 0.4) is 0 Å². The molecule has 0 bridgehead atoms. The monoisotopic (exact) mass is 421 g/mol. The number of carboxylic acids is 1. The summed E-state index contributed by atoms with van der Waals surface area (Å²) in [6.07, 6.45) is -0.839. The van der Waals surface area contributed by atoms with E-state index in [9.17, 15) is 9.59 Å². The van der Waals surface area contributed by atoms with Crippen LogP contribution in [-0.2, 0) is 16.1 Å². The number of carbonyl (C=O) groups excluding carboxylic acids is 1. The Kier molecular flexibility index (Phi) is 5.28. The van der Waals surface area contributed by atoms with E-state index in [1.807, 2.05) is 22.8 Å². The van der Waals surface area contributed by atoms with Crippen LogP contribution < -0.4 is 5.73 Å². The highest BCUT2D eigenvalue weighted by molar-refractivity contribution is 14.1. The lowest BCUT2D eigenvalue weighted by molar-refractivity contribution is -0.133. The molecule has 112 valence electrons. The average molecular weight is 421 g/mol. The van der Waals surface area contributed by atoms with Crippen molar-refractivity contribution in [2.75, 3.05) is 12.4 Å². The first-order valence-electron chi connectivity index (χ1n) is 5.90. The van der Waals surface area contributed by atoms with Crippen LogP contribution >= 0.6 is 34.4 Å². The molecular weight excluding hydrogens is 409 g/mol. The Bertz CT molecular complexity index is 688. The predicted molar refractivity (Wildman–Crippen MR) is 86.3 cm³/mol. The van der Waals surface area contributed by atoms with Crippen molar-refractivity contribution < 1.29 is 19.4 Å². The van der Waals surface area contributed by atoms with Crippen LogP contribution in [0.5, 0.6) is 0 Å². The number of rotatable bonds is 6. The van der Waals surface area contributed by atoms with Gasteiger partial charge >= 0.3 is 12.1 Å². The van der Waals surface area contributed by atoms with Gasteiger partial charge in [0.1, 0.15) is 6.61 Å². The maximum atomic E-state index is 10.7. The molecule has 1 amide bonds. The van der Waals surface area contributed by atoms with Crippen molar-refractivity contribution in [1.29, 1.82) is 0 Å². The van der Waals surface area contributed by atoms with Crippen LogP contribution in [0, 0.1) is 3.57 Å². The summed E-state index contributed by atoms with van der Waals surface area (Å²) in [4.78, 5) is 25.8. The van der Waals surface area contributed by atoms with Crippen molar-refractivity contribution >= 4 is 57.4 Å². The van der Waals surface area contributed by atoms with E-state index in [4.69, 9.17) is 15.6 Å². The number of aromatic nitrogens is 2. The van der Waals surface area contributed by atoms with Gasteiger partial charge in [0.2, 0.25) is 0 Å². The molecule has 0 aliphatic rings. The first-order valence-corrected chi connectivity index (χ1v) is 7.96. The highest BCUT2D eigenvalue weighted by Crippen LogP contribution is 2.25. The van der Waals surface area contributed by atoms with Gasteiger partial charge in [0.25, 0.3) is 0 Å². The number of benzene rings is 1. The largest absolute Gasteiger partial charge is 0.481 e. The molecule has 7 nitrogen and oxygen atoms in total. The zero-order chi connectivity index (χ0) is 15.4. The van der Waals surface area contributed by atoms with Gasteiger partial charge in [-0.1, -0.05) is 11.8 Å². The number of halogens is 1. The molecule has 0 fully saturated rings. The van der Waals surface area contributed by atoms with Gasteiger partial charge in [-0.25, -0.2) is 9.78 Å². The topological polar surface area (TPSA) is 107 Å². The molecule has 2 aromatic rings. The highest BCUT2D eigenvalue weighted by Gasteiger charge is 2.13. The first-order chi connectivity index (χ1) is 9.97. The third-order valence-corrected chi connectivity index (χ3v) is 4.19. The Labute approximate surface area is 138 Å². The van der Waals surface area contributed by atoms with Crippen molar-refractivity contribution in [3.63, 3.8) is 0 Å². The third kappa shape index (κ3) is 4.24. The van der Waals surface area contributed by atoms with Gasteiger partial charge in [0.15, 0.2) is 5.16 Å². The summed E-state index contributed by atoms with van der Waals surface area (Å²) < 4.78 is 7.59. The quantitative estimate of drug-likeness (QED) is 0.545. The minimum atomic E-state index is -0.915. The minimum Gasteiger partial charge on any atom is -0.481 e. The Morgan fingerprint density at radius 3 is 2.90 bits per heavy atom. The number of amides is 1. The van der Waals surface area contributed by atoms with Crippen LogP contribution in [0.15, 0.2) is 23.4 Å². The SMILES string of the molecule is NC(=O)OCCn1c(SCC(=O)O)nc2cc(I)ccc21. The van der Waals surface area contributed by atoms with Crippen LogP contribution in [0.2, 0.25) is 0 Å². The molecule has 0 aliphatic heterocycles. The summed E-state index contributed by atoms with van der Waals surface area (Å²) in [6, 6.07) is 5.74. The smallest absolute Gasteiger partial charge is 0.404 e. The minimum absolute atomic E-state index is 0.0862. The van der Waals surface area contributed by atoms with Crippen molar-refractivity contribution in [1.82, 2.24) is 9.55 Å². The number of hydrogen-bond donors (Lipinski definition) is 2. The maximum Gasteiger partial charge on any atom is 0.404 e. The number of carboxylic acid groups (broad SMARTS) is 1. The van der Waals surface area contributed by atoms with Crippen LogP contribution in [-0.4, -0.2) is 39.1 Å². The lowest BCUT2D eigenvalue weighted by Gasteiger charge is -2.08. The van der Waals surface area contributed by atoms with E-state index in [-0.39, 0.29) is 12.4 Å². The number of imidazole rings is 1. The molecule has 0 atom stereocenters. The Morgan fingerprint density at radius 2 is 2.24 bits per heavy atom. The fraction of sp³-hybridized carbons (Fsp3) is 0.250. The van der Waals surface area contributed by atoms with Gasteiger partial charge in [-0.2, -0.15) is 0 Å². The number of thioether (sulfide) groups is 1. The summed E-state index contributed by atoms with van der Waals surface area (Å²) in [5.41, 5.74) is 6.56. The zero-order valence-electron chi connectivity index (χ0n) is 10.8. The van der Waals surface area contributed by atoms with Gasteiger partial charge in [0, 0.05) is 3.57 Å². The number of primary amides is 1. The van der Waals surface area contributed by atoms with E-state index in [0.717, 1.165) is 26.4 Å². The van der Waals surface area contributed by atoms with E-state index in [1.54, 1.807) is 0 Å². The number of hydrogen-bond acceptors (Lipinski definition) is 5. The van der Waals surface area contributed by atoms with Gasteiger partial charge in [-0.05, 0) is 40.8 Å². The molecule has 1 aromatic carbocycles. The standard InChI is InChI=1S/C12H12IN3O4S/c13-7-1-2-9-8(5-7)15-12(21-6-10(17)18)16(9)3-4-20-11(14)19/h1-2,5H,3-4,6H2,(H2,14,19)(H,17,18). The first kappa shape index (κ1) is 15.9. The fourth-order valence-corrected chi connectivity index (χ4v) is 3.01. The van der Waals surface area contributed by atoms with Gasteiger partial charge < -0.3 is 20.1 Å². The Hall–Kier alpha value is -1.49. The number of aliphatic carboxylic acids is 1. The van der Waals surface area contributed by atoms with E-state index in [1.165, 1.54) is 0 Å². The second-order valence-electron chi connectivity index (χ2n) is 4.03. The fourth-order valence-electron chi connectivity index (χ4n) is 1.77. The van der Waals surface area contributed by atoms with Gasteiger partial charge in [0.05, 0.1) is 23.3 Å².